The molecule has 9 heteroatoms. The van der Waals surface area contributed by atoms with Gasteiger partial charge in [-0.25, -0.2) is 0 Å². The first-order valence-corrected chi connectivity index (χ1v) is 8.36. The molecule has 1 aromatic carbocycles. The van der Waals surface area contributed by atoms with Crippen LogP contribution in [0.1, 0.15) is 20.8 Å². The van der Waals surface area contributed by atoms with Gasteiger partial charge in [0.05, 0.1) is 10.7 Å². The summed E-state index contributed by atoms with van der Waals surface area (Å²) in [7, 11) is 0. The van der Waals surface area contributed by atoms with Crippen LogP contribution in [0.3, 0.4) is 0 Å². The number of carbonyl (C=O) groups excluding carboxylic acids is 1. The summed E-state index contributed by atoms with van der Waals surface area (Å²) in [5.74, 6) is 0.574. The fraction of sp³-hybridized carbons (Fsp3) is 0.400. The van der Waals surface area contributed by atoms with Gasteiger partial charge in [-0.2, -0.15) is 0 Å². The molecule has 0 aliphatic rings. The van der Waals surface area contributed by atoms with Crippen molar-refractivity contribution in [2.24, 2.45) is 5.92 Å². The Balaban J connectivity index is 1.97. The van der Waals surface area contributed by atoms with E-state index in [1.165, 1.54) is 12.1 Å². The Labute approximate surface area is 143 Å². The van der Waals surface area contributed by atoms with Gasteiger partial charge in [-0.1, -0.05) is 31.7 Å². The molecule has 0 fully saturated rings. The van der Waals surface area contributed by atoms with E-state index in [0.717, 1.165) is 11.8 Å². The maximum atomic E-state index is 11.8. The van der Waals surface area contributed by atoms with Gasteiger partial charge in [-0.3, -0.25) is 14.9 Å². The van der Waals surface area contributed by atoms with Crippen LogP contribution in [-0.2, 0) is 4.79 Å². The summed E-state index contributed by atoms with van der Waals surface area (Å²) < 4.78 is 5.45. The van der Waals surface area contributed by atoms with E-state index in [-0.39, 0.29) is 34.5 Å². The molecule has 1 aromatic heterocycles. The van der Waals surface area contributed by atoms with E-state index >= 15 is 0 Å². The Hall–Kier alpha value is -2.42. The van der Waals surface area contributed by atoms with Crippen LogP contribution in [0.15, 0.2) is 33.9 Å². The van der Waals surface area contributed by atoms with E-state index < -0.39 is 4.92 Å². The lowest BCUT2D eigenvalue weighted by molar-refractivity contribution is -0.384. The normalized spacial score (nSPS) is 12.2. The molecule has 0 spiro atoms. The minimum Gasteiger partial charge on any atom is -0.411 e. The Morgan fingerprint density at radius 3 is 2.79 bits per heavy atom. The van der Waals surface area contributed by atoms with E-state index in [4.69, 9.17) is 4.42 Å². The molecule has 0 saturated carbocycles. The SMILES string of the molecule is CC(C)[C@@H](C)NC(=O)CSc1nnc(-c2cccc([N+](=O)[O-])c2)o1. The molecular formula is C15H18N4O4S. The Bertz CT molecular complexity index is 732. The van der Waals surface area contributed by atoms with E-state index in [0.29, 0.717) is 11.5 Å². The van der Waals surface area contributed by atoms with Crippen LogP contribution in [0, 0.1) is 16.0 Å². The molecular weight excluding hydrogens is 332 g/mol. The number of carbonyl (C=O) groups is 1. The molecule has 1 atom stereocenters. The molecule has 24 heavy (non-hydrogen) atoms. The number of benzene rings is 1. The van der Waals surface area contributed by atoms with Crippen LogP contribution in [-0.4, -0.2) is 32.8 Å². The van der Waals surface area contributed by atoms with Gasteiger partial charge in [0.15, 0.2) is 0 Å². The van der Waals surface area contributed by atoms with Crippen molar-refractivity contribution in [3.05, 3.63) is 34.4 Å². The number of hydrogen-bond acceptors (Lipinski definition) is 7. The number of nitrogens with zero attached hydrogens (tertiary/aromatic N) is 3. The molecule has 128 valence electrons. The minimum absolute atomic E-state index is 0.0537. The average Bonchev–Trinajstić information content (AvgIpc) is 3.02. The topological polar surface area (TPSA) is 111 Å². The van der Waals surface area contributed by atoms with Gasteiger partial charge in [0.25, 0.3) is 10.9 Å². The third-order valence-corrected chi connectivity index (χ3v) is 4.24. The maximum Gasteiger partial charge on any atom is 0.277 e. The highest BCUT2D eigenvalue weighted by Crippen LogP contribution is 2.25. The zero-order valence-electron chi connectivity index (χ0n) is 13.6. The highest BCUT2D eigenvalue weighted by molar-refractivity contribution is 7.99. The number of non-ortho nitro benzene ring substituents is 1. The van der Waals surface area contributed by atoms with Crippen LogP contribution < -0.4 is 5.32 Å². The molecule has 1 heterocycles. The van der Waals surface area contributed by atoms with Gasteiger partial charge >= 0.3 is 0 Å². The largest absolute Gasteiger partial charge is 0.411 e. The van der Waals surface area contributed by atoms with Crippen LogP contribution >= 0.6 is 11.8 Å². The molecule has 2 rings (SSSR count). The number of amides is 1. The summed E-state index contributed by atoms with van der Waals surface area (Å²) in [4.78, 5) is 22.1. The van der Waals surface area contributed by atoms with Crippen LogP contribution in [0.4, 0.5) is 5.69 Å². The van der Waals surface area contributed by atoms with Crippen molar-refractivity contribution in [3.8, 4) is 11.5 Å². The standard InChI is InChI=1S/C15H18N4O4S/c1-9(2)10(3)16-13(20)8-24-15-18-17-14(23-15)11-5-4-6-12(7-11)19(21)22/h4-7,9-10H,8H2,1-3H3,(H,16,20)/t10-/m1/s1. The minimum atomic E-state index is -0.490. The molecule has 0 unspecified atom stereocenters. The van der Waals surface area contributed by atoms with Gasteiger partial charge in [0, 0.05) is 23.7 Å². The van der Waals surface area contributed by atoms with Gasteiger partial charge in [0.2, 0.25) is 11.8 Å². The summed E-state index contributed by atoms with van der Waals surface area (Å²) >= 11 is 1.12. The fourth-order valence-corrected chi connectivity index (χ4v) is 2.30. The average molecular weight is 350 g/mol. The van der Waals surface area contributed by atoms with Crippen molar-refractivity contribution >= 4 is 23.4 Å². The van der Waals surface area contributed by atoms with Gasteiger partial charge < -0.3 is 9.73 Å². The first-order valence-electron chi connectivity index (χ1n) is 7.37. The first-order chi connectivity index (χ1) is 11.4. The summed E-state index contributed by atoms with van der Waals surface area (Å²) in [6.07, 6.45) is 0. The van der Waals surface area contributed by atoms with Crippen LogP contribution in [0.2, 0.25) is 0 Å². The number of thioether (sulfide) groups is 1. The molecule has 2 aromatic rings. The highest BCUT2D eigenvalue weighted by Gasteiger charge is 2.15. The van der Waals surface area contributed by atoms with Crippen LogP contribution in [0.5, 0.6) is 0 Å². The predicted molar refractivity (Wildman–Crippen MR) is 89.6 cm³/mol. The van der Waals surface area contributed by atoms with Crippen molar-refractivity contribution in [2.75, 3.05) is 5.75 Å². The zero-order chi connectivity index (χ0) is 17.7. The highest BCUT2D eigenvalue weighted by atomic mass is 32.2. The summed E-state index contributed by atoms with van der Waals surface area (Å²) in [6, 6.07) is 6.02. The summed E-state index contributed by atoms with van der Waals surface area (Å²) in [5, 5.41) is 21.6. The first kappa shape index (κ1) is 17.9. The van der Waals surface area contributed by atoms with Gasteiger partial charge in [0.1, 0.15) is 0 Å². The monoisotopic (exact) mass is 350 g/mol. The van der Waals surface area contributed by atoms with E-state index in [1.807, 2.05) is 20.8 Å². The van der Waals surface area contributed by atoms with Crippen molar-refractivity contribution in [3.63, 3.8) is 0 Å². The van der Waals surface area contributed by atoms with Crippen LogP contribution in [0.25, 0.3) is 11.5 Å². The maximum absolute atomic E-state index is 11.8. The predicted octanol–water partition coefficient (Wildman–Crippen LogP) is 2.90. The number of nitro groups is 1. The Morgan fingerprint density at radius 1 is 1.38 bits per heavy atom. The number of aromatic nitrogens is 2. The summed E-state index contributed by atoms with van der Waals surface area (Å²) in [5.41, 5.74) is 0.406. The smallest absolute Gasteiger partial charge is 0.277 e. The number of hydrogen-bond donors (Lipinski definition) is 1. The van der Waals surface area contributed by atoms with Gasteiger partial charge in [-0.15, -0.1) is 10.2 Å². The van der Waals surface area contributed by atoms with Crippen molar-refractivity contribution in [1.82, 2.24) is 15.5 Å². The molecule has 1 N–H and O–H groups in total. The van der Waals surface area contributed by atoms with Crippen molar-refractivity contribution in [1.29, 1.82) is 0 Å². The lowest BCUT2D eigenvalue weighted by atomic mass is 10.1. The lowest BCUT2D eigenvalue weighted by Crippen LogP contribution is -2.37. The quantitative estimate of drug-likeness (QED) is 0.464. The van der Waals surface area contributed by atoms with Crippen molar-refractivity contribution < 1.29 is 14.1 Å². The zero-order valence-corrected chi connectivity index (χ0v) is 14.4. The van der Waals surface area contributed by atoms with E-state index in [1.54, 1.807) is 12.1 Å². The van der Waals surface area contributed by atoms with E-state index in [9.17, 15) is 14.9 Å². The molecule has 8 nitrogen and oxygen atoms in total. The second-order valence-corrected chi connectivity index (χ2v) is 6.50. The number of nitrogens with one attached hydrogen (secondary N) is 1. The van der Waals surface area contributed by atoms with E-state index in [2.05, 4.69) is 15.5 Å². The Kier molecular flexibility index (Phi) is 5.91. The lowest BCUT2D eigenvalue weighted by Gasteiger charge is -2.16. The fourth-order valence-electron chi connectivity index (χ4n) is 1.73. The molecule has 0 aliphatic carbocycles. The number of rotatable bonds is 7. The molecule has 0 aliphatic heterocycles. The third kappa shape index (κ3) is 4.79. The third-order valence-electron chi connectivity index (χ3n) is 3.43. The van der Waals surface area contributed by atoms with Gasteiger partial charge in [-0.05, 0) is 18.9 Å². The molecule has 0 bridgehead atoms. The number of nitro benzene ring substituents is 1. The van der Waals surface area contributed by atoms with Crippen molar-refractivity contribution in [2.45, 2.75) is 32.0 Å². The molecule has 0 saturated heterocycles. The summed E-state index contributed by atoms with van der Waals surface area (Å²) in [6.45, 7) is 6.00. The molecule has 0 radical (unpaired) electrons. The molecule has 1 amide bonds. The second kappa shape index (κ2) is 7.91. The Morgan fingerprint density at radius 2 is 2.12 bits per heavy atom. The second-order valence-electron chi connectivity index (χ2n) is 5.57.